The Morgan fingerprint density at radius 3 is 2.35 bits per heavy atom. The van der Waals surface area contributed by atoms with Crippen LogP contribution in [0, 0.1) is 5.82 Å². The highest BCUT2D eigenvalue weighted by Crippen LogP contribution is 2.28. The largest absolute Gasteiger partial charge is 0.331 e. The highest BCUT2D eigenvalue weighted by Gasteiger charge is 2.24. The lowest BCUT2D eigenvalue weighted by atomic mass is 10.0. The molecule has 1 fully saturated rings. The molecule has 1 saturated heterocycles. The summed E-state index contributed by atoms with van der Waals surface area (Å²) in [7, 11) is 1.98. The van der Waals surface area contributed by atoms with Gasteiger partial charge in [-0.2, -0.15) is 0 Å². The number of halogens is 1. The van der Waals surface area contributed by atoms with E-state index in [9.17, 15) is 4.39 Å². The normalized spacial score (nSPS) is 16.7. The van der Waals surface area contributed by atoms with Gasteiger partial charge in [0.2, 0.25) is 0 Å². The lowest BCUT2D eigenvalue weighted by Crippen LogP contribution is -2.36. The van der Waals surface area contributed by atoms with Crippen molar-refractivity contribution in [2.45, 2.75) is 31.8 Å². The molecule has 2 aromatic heterocycles. The first-order chi connectivity index (χ1) is 12.7. The van der Waals surface area contributed by atoms with Gasteiger partial charge in [0, 0.05) is 38.4 Å². The van der Waals surface area contributed by atoms with Gasteiger partial charge in [-0.05, 0) is 43.6 Å². The maximum Gasteiger partial charge on any atom is 0.176 e. The predicted octanol–water partition coefficient (Wildman–Crippen LogP) is 3.65. The number of hydrogen-bond donors (Lipinski definition) is 0. The van der Waals surface area contributed by atoms with Gasteiger partial charge in [-0.3, -0.25) is 4.90 Å². The lowest BCUT2D eigenvalue weighted by Gasteiger charge is -2.35. The van der Waals surface area contributed by atoms with Crippen LogP contribution in [0.4, 0.5) is 4.39 Å². The quantitative estimate of drug-likeness (QED) is 0.703. The molecule has 26 heavy (non-hydrogen) atoms. The van der Waals surface area contributed by atoms with E-state index in [2.05, 4.69) is 19.4 Å². The smallest absolute Gasteiger partial charge is 0.176 e. The number of benzene rings is 1. The van der Waals surface area contributed by atoms with E-state index in [0.717, 1.165) is 36.8 Å². The van der Waals surface area contributed by atoms with Gasteiger partial charge < -0.3 is 9.13 Å². The van der Waals surface area contributed by atoms with Crippen LogP contribution in [0.5, 0.6) is 0 Å². The lowest BCUT2D eigenvalue weighted by molar-refractivity contribution is 0.149. The van der Waals surface area contributed by atoms with Crippen LogP contribution in [0.15, 0.2) is 49.1 Å². The number of imidazole rings is 2. The minimum atomic E-state index is -0.192. The van der Waals surface area contributed by atoms with Gasteiger partial charge in [0.25, 0.3) is 0 Å². The Morgan fingerprint density at radius 1 is 0.962 bits per heavy atom. The maximum atomic E-state index is 13.4. The SMILES string of the molecule is Cn1ccnc1-c1nccn1C[C@H](c1ccc(F)cc1)N1CCCCC1. The molecule has 1 aliphatic rings. The zero-order valence-corrected chi connectivity index (χ0v) is 15.1. The van der Waals surface area contributed by atoms with Gasteiger partial charge in [0.05, 0.1) is 6.04 Å². The fraction of sp³-hybridized carbons (Fsp3) is 0.400. The van der Waals surface area contributed by atoms with Gasteiger partial charge in [0.15, 0.2) is 11.6 Å². The molecular formula is C20H24FN5. The molecule has 3 heterocycles. The molecule has 4 rings (SSSR count). The molecule has 0 N–H and O–H groups in total. The van der Waals surface area contributed by atoms with Crippen molar-refractivity contribution in [3.63, 3.8) is 0 Å². The standard InChI is InChI=1S/C20H24FN5/c1-24-13-9-22-19(24)20-23-10-14-26(20)15-18(25-11-3-2-4-12-25)16-5-7-17(21)8-6-16/h5-10,13-14,18H,2-4,11-12,15H2,1H3/t18-/m1/s1. The summed E-state index contributed by atoms with van der Waals surface area (Å²) in [5.74, 6) is 1.52. The zero-order chi connectivity index (χ0) is 17.9. The van der Waals surface area contributed by atoms with E-state index < -0.39 is 0 Å². The second kappa shape index (κ2) is 7.41. The van der Waals surface area contributed by atoms with Crippen molar-refractivity contribution in [2.24, 2.45) is 7.05 Å². The Kier molecular flexibility index (Phi) is 4.84. The van der Waals surface area contributed by atoms with Crippen LogP contribution in [-0.2, 0) is 13.6 Å². The fourth-order valence-electron chi connectivity index (χ4n) is 3.78. The molecule has 1 aliphatic heterocycles. The predicted molar refractivity (Wildman–Crippen MR) is 99.0 cm³/mol. The molecule has 0 unspecified atom stereocenters. The van der Waals surface area contributed by atoms with Crippen LogP contribution >= 0.6 is 0 Å². The van der Waals surface area contributed by atoms with Crippen LogP contribution in [0.1, 0.15) is 30.9 Å². The zero-order valence-electron chi connectivity index (χ0n) is 15.1. The first kappa shape index (κ1) is 17.0. The van der Waals surface area contributed by atoms with Gasteiger partial charge >= 0.3 is 0 Å². The monoisotopic (exact) mass is 353 g/mol. The van der Waals surface area contributed by atoms with Crippen molar-refractivity contribution in [3.8, 4) is 11.6 Å². The Morgan fingerprint density at radius 2 is 1.65 bits per heavy atom. The van der Waals surface area contributed by atoms with Crippen molar-refractivity contribution in [3.05, 3.63) is 60.4 Å². The minimum absolute atomic E-state index is 0.192. The van der Waals surface area contributed by atoms with Crippen LogP contribution in [0.2, 0.25) is 0 Å². The highest BCUT2D eigenvalue weighted by atomic mass is 19.1. The first-order valence-electron chi connectivity index (χ1n) is 9.21. The summed E-state index contributed by atoms with van der Waals surface area (Å²) in [6.07, 6.45) is 11.3. The van der Waals surface area contributed by atoms with Crippen LogP contribution < -0.4 is 0 Å². The van der Waals surface area contributed by atoms with Crippen molar-refractivity contribution in [2.75, 3.05) is 13.1 Å². The van der Waals surface area contributed by atoms with Gasteiger partial charge in [-0.1, -0.05) is 18.6 Å². The van der Waals surface area contributed by atoms with Gasteiger partial charge in [-0.15, -0.1) is 0 Å². The molecule has 6 heteroatoms. The van der Waals surface area contributed by atoms with Crippen LogP contribution in [0.25, 0.3) is 11.6 Å². The summed E-state index contributed by atoms with van der Waals surface area (Å²) in [4.78, 5) is 11.5. The molecule has 0 saturated carbocycles. The van der Waals surface area contributed by atoms with E-state index >= 15 is 0 Å². The Hall–Kier alpha value is -2.47. The van der Waals surface area contributed by atoms with Gasteiger partial charge in [0.1, 0.15) is 5.82 Å². The molecule has 1 aromatic carbocycles. The molecule has 1 atom stereocenters. The molecule has 3 aromatic rings. The maximum absolute atomic E-state index is 13.4. The van der Waals surface area contributed by atoms with E-state index in [1.54, 1.807) is 18.3 Å². The second-order valence-corrected chi connectivity index (χ2v) is 6.93. The number of piperidine rings is 1. The summed E-state index contributed by atoms with van der Waals surface area (Å²) in [6, 6.07) is 7.13. The molecule has 136 valence electrons. The molecular weight excluding hydrogens is 329 g/mol. The number of aryl methyl sites for hydroxylation is 1. The molecule has 0 spiro atoms. The Balaban J connectivity index is 1.66. The first-order valence-corrected chi connectivity index (χ1v) is 9.21. The van der Waals surface area contributed by atoms with E-state index in [4.69, 9.17) is 0 Å². The molecule has 5 nitrogen and oxygen atoms in total. The minimum Gasteiger partial charge on any atom is -0.331 e. The van der Waals surface area contributed by atoms with Crippen LogP contribution in [0.3, 0.4) is 0 Å². The van der Waals surface area contributed by atoms with E-state index in [1.807, 2.05) is 42.3 Å². The van der Waals surface area contributed by atoms with Crippen molar-refractivity contribution in [1.29, 1.82) is 0 Å². The Labute approximate surface area is 153 Å². The van der Waals surface area contributed by atoms with Gasteiger partial charge in [-0.25, -0.2) is 14.4 Å². The molecule has 0 aliphatic carbocycles. The van der Waals surface area contributed by atoms with E-state index in [-0.39, 0.29) is 11.9 Å². The average Bonchev–Trinajstić information content (AvgIpc) is 3.29. The molecule has 0 radical (unpaired) electrons. The third-order valence-electron chi connectivity index (χ3n) is 5.19. The number of rotatable bonds is 5. The topological polar surface area (TPSA) is 38.9 Å². The number of aromatic nitrogens is 4. The summed E-state index contributed by atoms with van der Waals surface area (Å²) in [5, 5.41) is 0. The van der Waals surface area contributed by atoms with Crippen molar-refractivity contribution in [1.82, 2.24) is 24.0 Å². The second-order valence-electron chi connectivity index (χ2n) is 6.93. The van der Waals surface area contributed by atoms with E-state index in [1.165, 1.54) is 19.3 Å². The van der Waals surface area contributed by atoms with E-state index in [0.29, 0.717) is 0 Å². The Bertz CT molecular complexity index is 845. The fourth-order valence-corrected chi connectivity index (χ4v) is 3.78. The number of likely N-dealkylation sites (tertiary alicyclic amines) is 1. The summed E-state index contributed by atoms with van der Waals surface area (Å²) >= 11 is 0. The molecule has 0 amide bonds. The third kappa shape index (κ3) is 3.42. The third-order valence-corrected chi connectivity index (χ3v) is 5.19. The van der Waals surface area contributed by atoms with Crippen molar-refractivity contribution < 1.29 is 4.39 Å². The van der Waals surface area contributed by atoms with Crippen LogP contribution in [-0.4, -0.2) is 37.1 Å². The van der Waals surface area contributed by atoms with Crippen molar-refractivity contribution >= 4 is 0 Å². The summed E-state index contributed by atoms with van der Waals surface area (Å²) < 4.78 is 17.6. The summed E-state index contributed by atoms with van der Waals surface area (Å²) in [5.41, 5.74) is 1.15. The average molecular weight is 353 g/mol. The molecule has 0 bridgehead atoms. The summed E-state index contributed by atoms with van der Waals surface area (Å²) in [6.45, 7) is 2.93. The highest BCUT2D eigenvalue weighted by molar-refractivity contribution is 5.44. The number of nitrogens with zero attached hydrogens (tertiary/aromatic N) is 5. The number of hydrogen-bond acceptors (Lipinski definition) is 3.